The summed E-state index contributed by atoms with van der Waals surface area (Å²) < 4.78 is 13.5. The molecule has 3 nitrogen and oxygen atoms in total. The van der Waals surface area contributed by atoms with E-state index in [1.54, 1.807) is 6.07 Å². The first kappa shape index (κ1) is 12.9. The van der Waals surface area contributed by atoms with E-state index in [0.717, 1.165) is 36.6 Å². The first-order valence-corrected chi connectivity index (χ1v) is 6.41. The minimum Gasteiger partial charge on any atom is -0.356 e. The average Bonchev–Trinajstić information content (AvgIpc) is 2.36. The highest BCUT2D eigenvalue weighted by molar-refractivity contribution is 5.80. The van der Waals surface area contributed by atoms with Crippen LogP contribution in [0, 0.1) is 12.7 Å². The van der Waals surface area contributed by atoms with Crippen molar-refractivity contribution in [1.82, 2.24) is 10.2 Å². The molecule has 0 saturated heterocycles. The molecule has 0 radical (unpaired) electrons. The molecule has 0 fully saturated rings. The summed E-state index contributed by atoms with van der Waals surface area (Å²) in [6.07, 6.45) is 1.79. The van der Waals surface area contributed by atoms with E-state index in [0.29, 0.717) is 13.0 Å². The lowest BCUT2D eigenvalue weighted by Gasteiger charge is -2.25. The van der Waals surface area contributed by atoms with Gasteiger partial charge in [-0.2, -0.15) is 0 Å². The van der Waals surface area contributed by atoms with Crippen molar-refractivity contribution in [1.29, 1.82) is 0 Å². The van der Waals surface area contributed by atoms with Crippen molar-refractivity contribution >= 4 is 5.96 Å². The maximum atomic E-state index is 13.5. The second-order valence-corrected chi connectivity index (χ2v) is 4.75. The van der Waals surface area contributed by atoms with E-state index in [1.807, 2.05) is 20.0 Å². The highest BCUT2D eigenvalue weighted by Crippen LogP contribution is 2.10. The fourth-order valence-electron chi connectivity index (χ4n) is 2.11. The molecule has 0 bridgehead atoms. The van der Waals surface area contributed by atoms with Gasteiger partial charge in [-0.3, -0.25) is 4.99 Å². The maximum absolute atomic E-state index is 13.5. The van der Waals surface area contributed by atoms with Crippen LogP contribution in [0.2, 0.25) is 0 Å². The van der Waals surface area contributed by atoms with Gasteiger partial charge in [0.2, 0.25) is 0 Å². The number of halogens is 1. The Morgan fingerprint density at radius 1 is 1.44 bits per heavy atom. The van der Waals surface area contributed by atoms with Gasteiger partial charge in [-0.25, -0.2) is 4.39 Å². The Balaban J connectivity index is 1.88. The van der Waals surface area contributed by atoms with Crippen LogP contribution in [0.3, 0.4) is 0 Å². The van der Waals surface area contributed by atoms with Gasteiger partial charge in [-0.1, -0.05) is 17.7 Å². The Bertz CT molecular complexity index is 443. The van der Waals surface area contributed by atoms with Gasteiger partial charge in [-0.05, 0) is 31.4 Å². The molecule has 0 saturated carbocycles. The summed E-state index contributed by atoms with van der Waals surface area (Å²) in [7, 11) is 2.03. The van der Waals surface area contributed by atoms with Gasteiger partial charge < -0.3 is 10.2 Å². The molecule has 4 heteroatoms. The van der Waals surface area contributed by atoms with Crippen LogP contribution in [-0.2, 0) is 6.42 Å². The number of nitrogens with one attached hydrogen (secondary N) is 1. The van der Waals surface area contributed by atoms with Crippen LogP contribution in [0.5, 0.6) is 0 Å². The quantitative estimate of drug-likeness (QED) is 0.886. The summed E-state index contributed by atoms with van der Waals surface area (Å²) >= 11 is 0. The number of guanidine groups is 1. The van der Waals surface area contributed by atoms with Crippen molar-refractivity contribution in [3.63, 3.8) is 0 Å². The highest BCUT2D eigenvalue weighted by atomic mass is 19.1. The first-order valence-electron chi connectivity index (χ1n) is 6.41. The van der Waals surface area contributed by atoms with Crippen LogP contribution in [0.25, 0.3) is 0 Å². The molecule has 0 aromatic heterocycles. The Morgan fingerprint density at radius 3 is 3.06 bits per heavy atom. The van der Waals surface area contributed by atoms with Crippen LogP contribution in [0.15, 0.2) is 23.2 Å². The number of rotatable bonds is 3. The zero-order valence-electron chi connectivity index (χ0n) is 11.0. The SMILES string of the molecule is Cc1ccc(F)c(CCNC2=NCCCN2C)c1. The van der Waals surface area contributed by atoms with Crippen LogP contribution >= 0.6 is 0 Å². The maximum Gasteiger partial charge on any atom is 0.193 e. The second kappa shape index (κ2) is 5.85. The molecular formula is C14H20FN3. The predicted octanol–water partition coefficient (Wildman–Crippen LogP) is 1.96. The molecule has 98 valence electrons. The minimum absolute atomic E-state index is 0.124. The van der Waals surface area contributed by atoms with Crippen molar-refractivity contribution in [2.45, 2.75) is 19.8 Å². The van der Waals surface area contributed by atoms with Gasteiger partial charge in [0.25, 0.3) is 0 Å². The standard InChI is InChI=1S/C14H20FN3/c1-11-4-5-13(15)12(10-11)6-8-17-14-16-7-3-9-18(14)2/h4-5,10H,3,6-9H2,1-2H3,(H,16,17). The normalized spacial score (nSPS) is 15.5. The van der Waals surface area contributed by atoms with E-state index in [-0.39, 0.29) is 5.82 Å². The lowest BCUT2D eigenvalue weighted by Crippen LogP contribution is -2.42. The van der Waals surface area contributed by atoms with Crippen LogP contribution in [0.4, 0.5) is 4.39 Å². The van der Waals surface area contributed by atoms with Crippen molar-refractivity contribution in [2.24, 2.45) is 4.99 Å². The Kier molecular flexibility index (Phi) is 4.18. The predicted molar refractivity (Wildman–Crippen MR) is 72.4 cm³/mol. The van der Waals surface area contributed by atoms with Gasteiger partial charge >= 0.3 is 0 Å². The summed E-state index contributed by atoms with van der Waals surface area (Å²) in [6, 6.07) is 5.24. The summed E-state index contributed by atoms with van der Waals surface area (Å²) in [5, 5.41) is 3.28. The zero-order valence-corrected chi connectivity index (χ0v) is 11.0. The van der Waals surface area contributed by atoms with Crippen molar-refractivity contribution in [3.8, 4) is 0 Å². The molecular weight excluding hydrogens is 229 g/mol. The largest absolute Gasteiger partial charge is 0.356 e. The lowest BCUT2D eigenvalue weighted by atomic mass is 10.1. The summed E-state index contributed by atoms with van der Waals surface area (Å²) in [5.74, 6) is 0.802. The molecule has 0 atom stereocenters. The molecule has 2 rings (SSSR count). The van der Waals surface area contributed by atoms with E-state index >= 15 is 0 Å². The summed E-state index contributed by atoms with van der Waals surface area (Å²) in [4.78, 5) is 6.53. The smallest absolute Gasteiger partial charge is 0.193 e. The molecule has 18 heavy (non-hydrogen) atoms. The van der Waals surface area contributed by atoms with Crippen molar-refractivity contribution in [2.75, 3.05) is 26.7 Å². The lowest BCUT2D eigenvalue weighted by molar-refractivity contribution is 0.446. The molecule has 1 aliphatic heterocycles. The van der Waals surface area contributed by atoms with Gasteiger partial charge in [-0.15, -0.1) is 0 Å². The van der Waals surface area contributed by atoms with Crippen LogP contribution in [0.1, 0.15) is 17.5 Å². The van der Waals surface area contributed by atoms with Crippen molar-refractivity contribution < 1.29 is 4.39 Å². The Labute approximate surface area is 108 Å². The molecule has 0 unspecified atom stereocenters. The van der Waals surface area contributed by atoms with Crippen LogP contribution < -0.4 is 5.32 Å². The number of aryl methyl sites for hydroxylation is 1. The molecule has 1 aromatic rings. The number of aliphatic imine (C=N–C) groups is 1. The topological polar surface area (TPSA) is 27.6 Å². The number of hydrogen-bond donors (Lipinski definition) is 1. The zero-order chi connectivity index (χ0) is 13.0. The second-order valence-electron chi connectivity index (χ2n) is 4.75. The van der Waals surface area contributed by atoms with E-state index in [1.165, 1.54) is 6.07 Å². The minimum atomic E-state index is -0.124. The third-order valence-electron chi connectivity index (χ3n) is 3.15. The first-order chi connectivity index (χ1) is 8.66. The van der Waals surface area contributed by atoms with Gasteiger partial charge in [0.15, 0.2) is 5.96 Å². The van der Waals surface area contributed by atoms with E-state index in [9.17, 15) is 4.39 Å². The molecule has 0 spiro atoms. The molecule has 1 heterocycles. The van der Waals surface area contributed by atoms with Crippen molar-refractivity contribution in [3.05, 3.63) is 35.1 Å². The third-order valence-corrected chi connectivity index (χ3v) is 3.15. The fraction of sp³-hybridized carbons (Fsp3) is 0.500. The number of nitrogens with zero attached hydrogens (tertiary/aromatic N) is 2. The number of hydrogen-bond acceptors (Lipinski definition) is 3. The molecule has 1 aliphatic rings. The van der Waals surface area contributed by atoms with Gasteiger partial charge in [0.1, 0.15) is 5.82 Å². The fourth-order valence-corrected chi connectivity index (χ4v) is 2.11. The highest BCUT2D eigenvalue weighted by Gasteiger charge is 2.10. The van der Waals surface area contributed by atoms with E-state index in [2.05, 4.69) is 15.2 Å². The molecule has 0 amide bonds. The van der Waals surface area contributed by atoms with Gasteiger partial charge in [0, 0.05) is 26.7 Å². The summed E-state index contributed by atoms with van der Waals surface area (Å²) in [5.41, 5.74) is 1.86. The number of benzene rings is 1. The monoisotopic (exact) mass is 249 g/mol. The third kappa shape index (κ3) is 3.22. The van der Waals surface area contributed by atoms with Crippen LogP contribution in [-0.4, -0.2) is 37.5 Å². The Morgan fingerprint density at radius 2 is 2.28 bits per heavy atom. The summed E-state index contributed by atoms with van der Waals surface area (Å²) in [6.45, 7) is 4.61. The van der Waals surface area contributed by atoms with E-state index < -0.39 is 0 Å². The molecule has 0 aliphatic carbocycles. The average molecular weight is 249 g/mol. The molecule has 1 N–H and O–H groups in total. The van der Waals surface area contributed by atoms with Gasteiger partial charge in [0.05, 0.1) is 0 Å². The molecule has 1 aromatic carbocycles. The van der Waals surface area contributed by atoms with E-state index in [4.69, 9.17) is 0 Å². The Hall–Kier alpha value is -1.58.